The van der Waals surface area contributed by atoms with E-state index in [-0.39, 0.29) is 34.7 Å². The Morgan fingerprint density at radius 3 is 2.57 bits per heavy atom. The van der Waals surface area contributed by atoms with E-state index in [4.69, 9.17) is 16.1 Å². The molecule has 0 aliphatic heterocycles. The normalized spacial score (nSPS) is 11.9. The molecule has 8 nitrogen and oxygen atoms in total. The average molecular weight is 562 g/mol. The van der Waals surface area contributed by atoms with E-state index in [1.807, 2.05) is 13.8 Å². The van der Waals surface area contributed by atoms with Crippen LogP contribution in [0.5, 0.6) is 0 Å². The minimum absolute atomic E-state index is 0. The molecule has 0 saturated heterocycles. The molecule has 2 aromatic rings. The highest BCUT2D eigenvalue weighted by Crippen LogP contribution is 2.25. The summed E-state index contributed by atoms with van der Waals surface area (Å²) in [4.78, 5) is 4.14. The van der Waals surface area contributed by atoms with Crippen molar-refractivity contribution < 1.29 is 12.9 Å². The molecule has 0 aliphatic rings. The summed E-state index contributed by atoms with van der Waals surface area (Å²) in [6.45, 7) is 5.17. The Labute approximate surface area is 191 Å². The first-order chi connectivity index (χ1) is 12.9. The van der Waals surface area contributed by atoms with E-state index in [1.54, 1.807) is 13.1 Å². The topological polar surface area (TPSA) is 109 Å². The number of hydrogen-bond acceptors (Lipinski definition) is 6. The lowest BCUT2D eigenvalue weighted by Crippen LogP contribution is -2.41. The van der Waals surface area contributed by atoms with Crippen molar-refractivity contribution in [3.8, 4) is 0 Å². The molecule has 0 aromatic carbocycles. The molecule has 2 rings (SSSR count). The van der Waals surface area contributed by atoms with Crippen molar-refractivity contribution in [3.05, 3.63) is 33.5 Å². The van der Waals surface area contributed by atoms with Crippen molar-refractivity contribution in [2.75, 3.05) is 20.1 Å². The highest BCUT2D eigenvalue weighted by atomic mass is 127. The SMILES string of the molecule is CCc1noc(CC)c1CNC(=NC)NCCNS(=O)(=O)c1ccc(Cl)s1.I. The largest absolute Gasteiger partial charge is 0.361 e. The number of sulfonamides is 1. The van der Waals surface area contributed by atoms with Crippen LogP contribution in [0.4, 0.5) is 0 Å². The molecule has 0 bridgehead atoms. The second-order valence-electron chi connectivity index (χ2n) is 5.55. The Bertz CT molecular complexity index is 861. The lowest BCUT2D eigenvalue weighted by molar-refractivity contribution is 0.380. The van der Waals surface area contributed by atoms with Crippen LogP contribution in [0.15, 0.2) is 25.9 Å². The van der Waals surface area contributed by atoms with E-state index in [9.17, 15) is 8.42 Å². The molecule has 0 fully saturated rings. The zero-order valence-electron chi connectivity index (χ0n) is 15.9. The molecular weight excluding hydrogens is 537 g/mol. The first kappa shape index (κ1) is 25.1. The van der Waals surface area contributed by atoms with Gasteiger partial charge in [-0.05, 0) is 18.6 Å². The van der Waals surface area contributed by atoms with Crippen molar-refractivity contribution in [1.29, 1.82) is 0 Å². The van der Waals surface area contributed by atoms with Gasteiger partial charge in [0.05, 0.1) is 10.0 Å². The van der Waals surface area contributed by atoms with Gasteiger partial charge in [0.25, 0.3) is 0 Å². The fourth-order valence-electron chi connectivity index (χ4n) is 2.41. The molecular formula is C16H25ClIN5O3S2. The van der Waals surface area contributed by atoms with E-state index in [0.717, 1.165) is 41.2 Å². The Balaban J connectivity index is 0.00000392. The van der Waals surface area contributed by atoms with Gasteiger partial charge in [0.2, 0.25) is 10.0 Å². The van der Waals surface area contributed by atoms with E-state index in [2.05, 4.69) is 25.5 Å². The number of rotatable bonds is 9. The molecule has 12 heteroatoms. The molecule has 158 valence electrons. The maximum Gasteiger partial charge on any atom is 0.250 e. The van der Waals surface area contributed by atoms with Crippen molar-refractivity contribution in [2.24, 2.45) is 4.99 Å². The maximum absolute atomic E-state index is 12.1. The molecule has 2 aromatic heterocycles. The molecule has 0 unspecified atom stereocenters. The quantitative estimate of drug-likeness (QED) is 0.188. The minimum Gasteiger partial charge on any atom is -0.361 e. The third-order valence-electron chi connectivity index (χ3n) is 3.79. The Hall–Kier alpha value is -0.890. The van der Waals surface area contributed by atoms with Gasteiger partial charge in [0.15, 0.2) is 5.96 Å². The van der Waals surface area contributed by atoms with E-state index >= 15 is 0 Å². The summed E-state index contributed by atoms with van der Waals surface area (Å²) >= 11 is 6.81. The summed E-state index contributed by atoms with van der Waals surface area (Å²) < 4.78 is 32.8. The number of nitrogens with zero attached hydrogens (tertiary/aromatic N) is 2. The average Bonchev–Trinajstić information content (AvgIpc) is 3.27. The number of hydrogen-bond donors (Lipinski definition) is 3. The van der Waals surface area contributed by atoms with Crippen LogP contribution in [-0.2, 0) is 29.4 Å². The molecule has 28 heavy (non-hydrogen) atoms. The van der Waals surface area contributed by atoms with Crippen molar-refractivity contribution in [1.82, 2.24) is 20.5 Å². The number of aryl methyl sites for hydroxylation is 2. The van der Waals surface area contributed by atoms with E-state index in [0.29, 0.717) is 23.4 Å². The van der Waals surface area contributed by atoms with Gasteiger partial charge < -0.3 is 15.2 Å². The van der Waals surface area contributed by atoms with Crippen LogP contribution in [0.1, 0.15) is 30.9 Å². The van der Waals surface area contributed by atoms with Crippen LogP contribution in [0.3, 0.4) is 0 Å². The number of aromatic nitrogens is 1. The van der Waals surface area contributed by atoms with Gasteiger partial charge in [-0.3, -0.25) is 4.99 Å². The van der Waals surface area contributed by atoms with Crippen molar-refractivity contribution in [2.45, 2.75) is 37.4 Å². The third kappa shape index (κ3) is 6.87. The van der Waals surface area contributed by atoms with Gasteiger partial charge in [-0.15, -0.1) is 35.3 Å². The molecule has 0 amide bonds. The van der Waals surface area contributed by atoms with Crippen LogP contribution in [0.25, 0.3) is 0 Å². The molecule has 3 N–H and O–H groups in total. The van der Waals surface area contributed by atoms with Crippen molar-refractivity contribution in [3.63, 3.8) is 0 Å². The fourth-order valence-corrected chi connectivity index (χ4v) is 4.97. The van der Waals surface area contributed by atoms with Crippen LogP contribution >= 0.6 is 46.9 Å². The molecule has 0 spiro atoms. The number of halogens is 2. The summed E-state index contributed by atoms with van der Waals surface area (Å²) in [5.41, 5.74) is 1.97. The van der Waals surface area contributed by atoms with Gasteiger partial charge in [-0.2, -0.15) is 0 Å². The maximum atomic E-state index is 12.1. The number of aliphatic imine (C=N–C) groups is 1. The van der Waals surface area contributed by atoms with Gasteiger partial charge in [-0.25, -0.2) is 13.1 Å². The zero-order valence-corrected chi connectivity index (χ0v) is 20.6. The van der Waals surface area contributed by atoms with Crippen LogP contribution in [-0.4, -0.2) is 39.7 Å². The van der Waals surface area contributed by atoms with Crippen LogP contribution in [0.2, 0.25) is 4.34 Å². The molecule has 0 radical (unpaired) electrons. The predicted octanol–water partition coefficient (Wildman–Crippen LogP) is 2.78. The monoisotopic (exact) mass is 561 g/mol. The minimum atomic E-state index is -3.55. The zero-order chi connectivity index (χ0) is 19.9. The molecule has 0 saturated carbocycles. The standard InChI is InChI=1S/C16H24ClN5O3S2.HI/c1-4-12-11(13(5-2)25-22-12)10-20-16(18-3)19-8-9-21-27(23,24)15-7-6-14(17)26-15;/h6-7,21H,4-5,8-10H2,1-3H3,(H2,18,19,20);1H. The molecule has 0 atom stereocenters. The molecule has 0 aliphatic carbocycles. The van der Waals surface area contributed by atoms with Crippen molar-refractivity contribution >= 4 is 62.9 Å². The van der Waals surface area contributed by atoms with Crippen LogP contribution in [0, 0.1) is 0 Å². The summed E-state index contributed by atoms with van der Waals surface area (Å²) in [7, 11) is -1.89. The third-order valence-corrected chi connectivity index (χ3v) is 6.97. The van der Waals surface area contributed by atoms with Gasteiger partial charge in [0.1, 0.15) is 9.97 Å². The first-order valence-electron chi connectivity index (χ1n) is 8.57. The number of thiophene rings is 1. The Morgan fingerprint density at radius 2 is 2.00 bits per heavy atom. The first-order valence-corrected chi connectivity index (χ1v) is 11.2. The number of guanidine groups is 1. The second-order valence-corrected chi connectivity index (χ2v) is 9.26. The molecule has 2 heterocycles. The lowest BCUT2D eigenvalue weighted by Gasteiger charge is -2.12. The summed E-state index contributed by atoms with van der Waals surface area (Å²) in [5, 5.41) is 10.4. The lowest BCUT2D eigenvalue weighted by atomic mass is 10.1. The second kappa shape index (κ2) is 12.0. The Morgan fingerprint density at radius 1 is 1.25 bits per heavy atom. The van der Waals surface area contributed by atoms with Crippen LogP contribution < -0.4 is 15.4 Å². The van der Waals surface area contributed by atoms with E-state index in [1.165, 1.54) is 6.07 Å². The number of nitrogens with one attached hydrogen (secondary N) is 3. The summed E-state index contributed by atoms with van der Waals surface area (Å²) in [6, 6.07) is 3.05. The van der Waals surface area contributed by atoms with Gasteiger partial charge in [-0.1, -0.05) is 30.6 Å². The summed E-state index contributed by atoms with van der Waals surface area (Å²) in [5.74, 6) is 1.43. The van der Waals surface area contributed by atoms with Gasteiger partial charge >= 0.3 is 0 Å². The fraction of sp³-hybridized carbons (Fsp3) is 0.500. The predicted molar refractivity (Wildman–Crippen MR) is 123 cm³/mol. The Kier molecular flexibility index (Phi) is 10.7. The van der Waals surface area contributed by atoms with E-state index < -0.39 is 10.0 Å². The smallest absolute Gasteiger partial charge is 0.250 e. The highest BCUT2D eigenvalue weighted by molar-refractivity contribution is 14.0. The van der Waals surface area contributed by atoms with Gasteiger partial charge in [0, 0.05) is 38.7 Å². The summed E-state index contributed by atoms with van der Waals surface area (Å²) in [6.07, 6.45) is 1.56. The highest BCUT2D eigenvalue weighted by Gasteiger charge is 2.16.